The highest BCUT2D eigenvalue weighted by Crippen LogP contribution is 2.09. The number of nitrogens with one attached hydrogen (secondary N) is 1. The van der Waals surface area contributed by atoms with Crippen LogP contribution in [0.3, 0.4) is 0 Å². The molecule has 0 aliphatic heterocycles. The molecule has 0 amide bonds. The molecule has 4 nitrogen and oxygen atoms in total. The van der Waals surface area contributed by atoms with E-state index in [1.54, 1.807) is 7.11 Å². The average Bonchev–Trinajstić information content (AvgIpc) is 2.32. The van der Waals surface area contributed by atoms with Gasteiger partial charge in [0.15, 0.2) is 0 Å². The van der Waals surface area contributed by atoms with Crippen LogP contribution in [0, 0.1) is 6.92 Å². The lowest BCUT2D eigenvalue weighted by molar-refractivity contribution is 0.0182. The Morgan fingerprint density at radius 3 is 2.88 bits per heavy atom. The van der Waals surface area contributed by atoms with Gasteiger partial charge in [-0.2, -0.15) is 0 Å². The van der Waals surface area contributed by atoms with E-state index in [0.29, 0.717) is 26.4 Å². The van der Waals surface area contributed by atoms with Crippen LogP contribution in [-0.2, 0) is 9.47 Å². The molecule has 0 saturated heterocycles. The summed E-state index contributed by atoms with van der Waals surface area (Å²) in [4.78, 5) is 0. The van der Waals surface area contributed by atoms with E-state index in [9.17, 15) is 5.11 Å². The van der Waals surface area contributed by atoms with Crippen molar-refractivity contribution in [1.82, 2.24) is 0 Å². The van der Waals surface area contributed by atoms with Gasteiger partial charge in [0.25, 0.3) is 0 Å². The Kier molecular flexibility index (Phi) is 6.62. The monoisotopic (exact) mass is 239 g/mol. The van der Waals surface area contributed by atoms with Gasteiger partial charge < -0.3 is 19.9 Å². The number of ether oxygens (including phenoxy) is 2. The molecule has 17 heavy (non-hydrogen) atoms. The Bertz CT molecular complexity index is 317. The number of methoxy groups -OCH3 is 1. The standard InChI is InChI=1S/C13H21NO3/c1-11-4-3-5-12(8-11)14-9-13(15)10-17-7-6-16-2/h3-5,8,13-15H,6-7,9-10H2,1-2H3. The molecule has 0 heterocycles. The lowest BCUT2D eigenvalue weighted by Gasteiger charge is -2.13. The smallest absolute Gasteiger partial charge is 0.0945 e. The van der Waals surface area contributed by atoms with Gasteiger partial charge >= 0.3 is 0 Å². The Hall–Kier alpha value is -1.10. The number of aliphatic hydroxyl groups is 1. The van der Waals surface area contributed by atoms with Gasteiger partial charge in [-0.3, -0.25) is 0 Å². The molecule has 1 atom stereocenters. The molecular weight excluding hydrogens is 218 g/mol. The van der Waals surface area contributed by atoms with E-state index in [0.717, 1.165) is 5.69 Å². The minimum atomic E-state index is -0.507. The average molecular weight is 239 g/mol. The van der Waals surface area contributed by atoms with Gasteiger partial charge in [0, 0.05) is 19.3 Å². The molecule has 0 saturated carbocycles. The molecule has 0 aliphatic carbocycles. The molecular formula is C13H21NO3. The van der Waals surface area contributed by atoms with Crippen LogP contribution < -0.4 is 5.32 Å². The van der Waals surface area contributed by atoms with Gasteiger partial charge in [-0.1, -0.05) is 12.1 Å². The summed E-state index contributed by atoms with van der Waals surface area (Å²) in [5.74, 6) is 0. The zero-order chi connectivity index (χ0) is 12.5. The fraction of sp³-hybridized carbons (Fsp3) is 0.538. The van der Waals surface area contributed by atoms with Crippen LogP contribution in [0.2, 0.25) is 0 Å². The first-order valence-corrected chi connectivity index (χ1v) is 5.77. The summed E-state index contributed by atoms with van der Waals surface area (Å²) >= 11 is 0. The van der Waals surface area contributed by atoms with Crippen molar-refractivity contribution in [2.75, 3.05) is 38.8 Å². The highest BCUT2D eigenvalue weighted by atomic mass is 16.5. The molecule has 1 aromatic carbocycles. The number of benzene rings is 1. The zero-order valence-corrected chi connectivity index (χ0v) is 10.5. The van der Waals surface area contributed by atoms with E-state index in [4.69, 9.17) is 9.47 Å². The number of rotatable bonds is 8. The Morgan fingerprint density at radius 1 is 1.35 bits per heavy atom. The molecule has 1 unspecified atom stereocenters. The topological polar surface area (TPSA) is 50.7 Å². The fourth-order valence-electron chi connectivity index (χ4n) is 1.41. The maximum absolute atomic E-state index is 9.65. The van der Waals surface area contributed by atoms with Crippen LogP contribution in [0.15, 0.2) is 24.3 Å². The van der Waals surface area contributed by atoms with Crippen molar-refractivity contribution in [3.8, 4) is 0 Å². The normalized spacial score (nSPS) is 12.4. The van der Waals surface area contributed by atoms with Gasteiger partial charge in [0.1, 0.15) is 0 Å². The van der Waals surface area contributed by atoms with E-state index >= 15 is 0 Å². The highest BCUT2D eigenvalue weighted by molar-refractivity contribution is 5.45. The van der Waals surface area contributed by atoms with E-state index in [-0.39, 0.29) is 0 Å². The summed E-state index contributed by atoms with van der Waals surface area (Å²) in [5.41, 5.74) is 2.21. The van der Waals surface area contributed by atoms with Crippen LogP contribution in [0.1, 0.15) is 5.56 Å². The van der Waals surface area contributed by atoms with Gasteiger partial charge in [0.05, 0.1) is 25.9 Å². The van der Waals surface area contributed by atoms with Crippen molar-refractivity contribution in [3.05, 3.63) is 29.8 Å². The summed E-state index contributed by atoms with van der Waals surface area (Å²) in [6.07, 6.45) is -0.507. The van der Waals surface area contributed by atoms with Crippen LogP contribution in [-0.4, -0.2) is 44.7 Å². The van der Waals surface area contributed by atoms with Gasteiger partial charge in [0.2, 0.25) is 0 Å². The molecule has 2 N–H and O–H groups in total. The van der Waals surface area contributed by atoms with Crippen molar-refractivity contribution >= 4 is 5.69 Å². The van der Waals surface area contributed by atoms with Crippen molar-refractivity contribution in [1.29, 1.82) is 0 Å². The number of anilines is 1. The minimum absolute atomic E-state index is 0.322. The number of aliphatic hydroxyl groups excluding tert-OH is 1. The van der Waals surface area contributed by atoms with Crippen LogP contribution in [0.4, 0.5) is 5.69 Å². The van der Waals surface area contributed by atoms with Gasteiger partial charge in [-0.25, -0.2) is 0 Å². The predicted molar refractivity (Wildman–Crippen MR) is 68.4 cm³/mol. The summed E-state index contributed by atoms with van der Waals surface area (Å²) in [6, 6.07) is 8.04. The second-order valence-electron chi connectivity index (χ2n) is 3.97. The SMILES string of the molecule is COCCOCC(O)CNc1cccc(C)c1. The number of hydrogen-bond acceptors (Lipinski definition) is 4. The molecule has 0 aromatic heterocycles. The molecule has 1 aromatic rings. The van der Waals surface area contributed by atoms with Crippen LogP contribution in [0.25, 0.3) is 0 Å². The molecule has 0 bridgehead atoms. The molecule has 0 fully saturated rings. The largest absolute Gasteiger partial charge is 0.389 e. The molecule has 96 valence electrons. The predicted octanol–water partition coefficient (Wildman–Crippen LogP) is 1.43. The fourth-order valence-corrected chi connectivity index (χ4v) is 1.41. The van der Waals surface area contributed by atoms with Crippen molar-refractivity contribution in [2.24, 2.45) is 0 Å². The second-order valence-corrected chi connectivity index (χ2v) is 3.97. The van der Waals surface area contributed by atoms with Crippen molar-refractivity contribution in [2.45, 2.75) is 13.0 Å². The quantitative estimate of drug-likeness (QED) is 0.674. The van der Waals surface area contributed by atoms with E-state index in [2.05, 4.69) is 5.32 Å². The van der Waals surface area contributed by atoms with Crippen LogP contribution in [0.5, 0.6) is 0 Å². The lowest BCUT2D eigenvalue weighted by Crippen LogP contribution is -2.25. The second kappa shape index (κ2) is 8.06. The zero-order valence-electron chi connectivity index (χ0n) is 10.5. The first kappa shape index (κ1) is 14.0. The summed E-state index contributed by atoms with van der Waals surface area (Å²) < 4.78 is 10.1. The number of hydrogen-bond donors (Lipinski definition) is 2. The van der Waals surface area contributed by atoms with Gasteiger partial charge in [-0.15, -0.1) is 0 Å². The first-order chi connectivity index (χ1) is 8.22. The number of aryl methyl sites for hydroxylation is 1. The third-order valence-corrected chi connectivity index (χ3v) is 2.30. The van der Waals surface area contributed by atoms with E-state index in [1.807, 2.05) is 31.2 Å². The third kappa shape index (κ3) is 6.26. The molecule has 0 spiro atoms. The maximum Gasteiger partial charge on any atom is 0.0945 e. The van der Waals surface area contributed by atoms with E-state index in [1.165, 1.54) is 5.56 Å². The Labute approximate surface area is 103 Å². The molecule has 1 rings (SSSR count). The summed E-state index contributed by atoms with van der Waals surface area (Å²) in [5, 5.41) is 12.8. The summed E-state index contributed by atoms with van der Waals surface area (Å²) in [7, 11) is 1.62. The van der Waals surface area contributed by atoms with Crippen molar-refractivity contribution in [3.63, 3.8) is 0 Å². The van der Waals surface area contributed by atoms with Crippen LogP contribution >= 0.6 is 0 Å². The van der Waals surface area contributed by atoms with Gasteiger partial charge in [-0.05, 0) is 24.6 Å². The van der Waals surface area contributed by atoms with Crippen molar-refractivity contribution < 1.29 is 14.6 Å². The third-order valence-electron chi connectivity index (χ3n) is 2.30. The Balaban J connectivity index is 2.17. The first-order valence-electron chi connectivity index (χ1n) is 5.77. The highest BCUT2D eigenvalue weighted by Gasteiger charge is 2.03. The molecule has 0 radical (unpaired) electrons. The Morgan fingerprint density at radius 2 is 2.18 bits per heavy atom. The molecule has 4 heteroatoms. The maximum atomic E-state index is 9.65. The van der Waals surface area contributed by atoms with E-state index < -0.39 is 6.10 Å². The summed E-state index contributed by atoms with van der Waals surface area (Å²) in [6.45, 7) is 3.91. The minimum Gasteiger partial charge on any atom is -0.389 e. The lowest BCUT2D eigenvalue weighted by atomic mass is 10.2. The molecule has 0 aliphatic rings.